The van der Waals surface area contributed by atoms with Gasteiger partial charge in [0.15, 0.2) is 0 Å². The Hall–Kier alpha value is -1.98. The Balaban J connectivity index is 1.72. The Labute approximate surface area is 130 Å². The molecular weight excluding hydrogens is 306 g/mol. The predicted molar refractivity (Wildman–Crippen MR) is 85.5 cm³/mol. The van der Waals surface area contributed by atoms with Crippen molar-refractivity contribution in [1.82, 2.24) is 5.43 Å². The summed E-state index contributed by atoms with van der Waals surface area (Å²) in [7, 11) is 0. The van der Waals surface area contributed by atoms with Gasteiger partial charge in [-0.15, -0.1) is 0 Å². The van der Waals surface area contributed by atoms with E-state index in [1.165, 1.54) is 11.8 Å². The number of para-hydroxylation sites is 1. The first kappa shape index (κ1) is 12.7. The number of hydrogen-bond donors (Lipinski definition) is 2. The minimum absolute atomic E-state index is 0.0959. The maximum atomic E-state index is 12.4. The van der Waals surface area contributed by atoms with E-state index >= 15 is 0 Å². The highest BCUT2D eigenvalue weighted by atomic mass is 35.5. The van der Waals surface area contributed by atoms with Gasteiger partial charge >= 0.3 is 0 Å². The fourth-order valence-corrected chi connectivity index (χ4v) is 3.76. The molecule has 4 nitrogen and oxygen atoms in total. The molecule has 0 aliphatic carbocycles. The van der Waals surface area contributed by atoms with Crippen LogP contribution in [-0.4, -0.2) is 11.0 Å². The number of nitrogens with one attached hydrogen (secondary N) is 2. The van der Waals surface area contributed by atoms with Crippen LogP contribution in [0.2, 0.25) is 5.02 Å². The van der Waals surface area contributed by atoms with Crippen molar-refractivity contribution in [2.24, 2.45) is 5.10 Å². The molecule has 0 bridgehead atoms. The molecule has 2 N–H and O–H groups in total. The normalized spacial score (nSPS) is 22.7. The minimum atomic E-state index is -0.869. The third-order valence-corrected chi connectivity index (χ3v) is 5.11. The highest BCUT2D eigenvalue weighted by molar-refractivity contribution is 8.16. The molecule has 0 aromatic heterocycles. The number of carbonyl (C=O) groups excluding carboxylic acids is 1. The summed E-state index contributed by atoms with van der Waals surface area (Å²) in [5.41, 5.74) is 5.68. The lowest BCUT2D eigenvalue weighted by atomic mass is 10.1. The number of amides is 1. The number of carbonyl (C=O) groups is 1. The largest absolute Gasteiger partial charge is 0.323 e. The maximum absolute atomic E-state index is 12.4. The summed E-state index contributed by atoms with van der Waals surface area (Å²) >= 11 is 7.32. The second kappa shape index (κ2) is 4.51. The van der Waals surface area contributed by atoms with E-state index in [0.717, 1.165) is 21.9 Å². The molecule has 2 aromatic rings. The summed E-state index contributed by atoms with van der Waals surface area (Å²) in [6.45, 7) is 0. The highest BCUT2D eigenvalue weighted by Crippen LogP contribution is 2.47. The van der Waals surface area contributed by atoms with Crippen LogP contribution in [0.15, 0.2) is 53.6 Å². The van der Waals surface area contributed by atoms with Crippen molar-refractivity contribution in [2.45, 2.75) is 4.87 Å². The minimum Gasteiger partial charge on any atom is -0.323 e. The van der Waals surface area contributed by atoms with E-state index in [-0.39, 0.29) is 5.91 Å². The van der Waals surface area contributed by atoms with Crippen molar-refractivity contribution in [3.8, 4) is 0 Å². The summed E-state index contributed by atoms with van der Waals surface area (Å²) in [5, 5.41) is 8.69. The Morgan fingerprint density at radius 2 is 1.86 bits per heavy atom. The van der Waals surface area contributed by atoms with E-state index in [1.807, 2.05) is 48.5 Å². The zero-order valence-corrected chi connectivity index (χ0v) is 12.3. The van der Waals surface area contributed by atoms with E-state index in [0.29, 0.717) is 5.02 Å². The number of anilines is 1. The number of rotatable bonds is 1. The molecule has 1 amide bonds. The molecule has 0 saturated carbocycles. The molecule has 1 spiro atoms. The Kier molecular flexibility index (Phi) is 2.74. The van der Waals surface area contributed by atoms with Gasteiger partial charge in [-0.1, -0.05) is 53.7 Å². The first-order valence-corrected chi connectivity index (χ1v) is 7.59. The van der Waals surface area contributed by atoms with Gasteiger partial charge in [0, 0.05) is 21.8 Å². The van der Waals surface area contributed by atoms with Crippen LogP contribution in [0, 0.1) is 0 Å². The molecule has 104 valence electrons. The van der Waals surface area contributed by atoms with E-state index < -0.39 is 4.87 Å². The van der Waals surface area contributed by atoms with E-state index in [9.17, 15) is 4.79 Å². The molecule has 6 heteroatoms. The van der Waals surface area contributed by atoms with Gasteiger partial charge in [-0.25, -0.2) is 0 Å². The average molecular weight is 316 g/mol. The molecule has 0 radical (unpaired) electrons. The molecule has 1 atom stereocenters. The number of thioether (sulfide) groups is 1. The third-order valence-electron chi connectivity index (χ3n) is 3.53. The molecular formula is C15H10ClN3OS. The van der Waals surface area contributed by atoms with Crippen LogP contribution in [0.5, 0.6) is 0 Å². The van der Waals surface area contributed by atoms with Gasteiger partial charge < -0.3 is 5.32 Å². The SMILES string of the molecule is O=C1Nc2ccccc2C12NN=C(c1ccc(Cl)cc1)S2. The molecule has 4 rings (SSSR count). The van der Waals surface area contributed by atoms with Gasteiger partial charge in [0.05, 0.1) is 0 Å². The number of hydrazone groups is 1. The highest BCUT2D eigenvalue weighted by Gasteiger charge is 2.51. The lowest BCUT2D eigenvalue weighted by molar-refractivity contribution is -0.118. The van der Waals surface area contributed by atoms with Crippen LogP contribution < -0.4 is 10.7 Å². The molecule has 2 aliphatic heterocycles. The first-order valence-electron chi connectivity index (χ1n) is 6.40. The van der Waals surface area contributed by atoms with Crippen LogP contribution in [0.4, 0.5) is 5.69 Å². The maximum Gasteiger partial charge on any atom is 0.267 e. The van der Waals surface area contributed by atoms with Crippen molar-refractivity contribution in [3.63, 3.8) is 0 Å². The zero-order valence-electron chi connectivity index (χ0n) is 10.8. The lowest BCUT2D eigenvalue weighted by Crippen LogP contribution is -2.39. The van der Waals surface area contributed by atoms with Crippen LogP contribution in [0.25, 0.3) is 0 Å². The average Bonchev–Trinajstić information content (AvgIpc) is 3.05. The number of fused-ring (bicyclic) bond motifs is 2. The summed E-state index contributed by atoms with van der Waals surface area (Å²) in [6, 6.07) is 15.1. The van der Waals surface area contributed by atoms with Crippen molar-refractivity contribution in [2.75, 3.05) is 5.32 Å². The van der Waals surface area contributed by atoms with Gasteiger partial charge in [-0.05, 0) is 18.2 Å². The standard InChI is InChI=1S/C15H10ClN3OS/c16-10-7-5-9(6-8-10)13-18-19-15(21-13)11-3-1-2-4-12(11)17-14(15)20/h1-8,19H,(H,17,20). The van der Waals surface area contributed by atoms with Gasteiger partial charge in [-0.2, -0.15) is 5.10 Å². The molecule has 0 fully saturated rings. The predicted octanol–water partition coefficient (Wildman–Crippen LogP) is 3.14. The van der Waals surface area contributed by atoms with E-state index in [1.54, 1.807) is 0 Å². The molecule has 2 aliphatic rings. The van der Waals surface area contributed by atoms with Crippen LogP contribution >= 0.6 is 23.4 Å². The molecule has 1 unspecified atom stereocenters. The summed E-state index contributed by atoms with van der Waals surface area (Å²) in [5.74, 6) is -0.0959. The smallest absolute Gasteiger partial charge is 0.267 e. The van der Waals surface area contributed by atoms with Crippen LogP contribution in [-0.2, 0) is 9.67 Å². The zero-order chi connectivity index (χ0) is 14.4. The number of halogens is 1. The summed E-state index contributed by atoms with van der Waals surface area (Å²) in [4.78, 5) is 11.5. The topological polar surface area (TPSA) is 53.5 Å². The Morgan fingerprint density at radius 1 is 1.10 bits per heavy atom. The summed E-state index contributed by atoms with van der Waals surface area (Å²) in [6.07, 6.45) is 0. The molecule has 2 heterocycles. The van der Waals surface area contributed by atoms with Gasteiger partial charge in [0.1, 0.15) is 5.04 Å². The molecule has 2 aromatic carbocycles. The van der Waals surface area contributed by atoms with E-state index in [2.05, 4.69) is 15.8 Å². The van der Waals surface area contributed by atoms with Crippen LogP contribution in [0.3, 0.4) is 0 Å². The number of hydrogen-bond acceptors (Lipinski definition) is 4. The first-order chi connectivity index (χ1) is 10.2. The third kappa shape index (κ3) is 1.85. The van der Waals surface area contributed by atoms with Gasteiger partial charge in [0.2, 0.25) is 4.87 Å². The fraction of sp³-hybridized carbons (Fsp3) is 0.0667. The number of benzene rings is 2. The van der Waals surface area contributed by atoms with Gasteiger partial charge in [-0.3, -0.25) is 10.2 Å². The second-order valence-electron chi connectivity index (χ2n) is 4.82. The number of nitrogens with zero attached hydrogens (tertiary/aromatic N) is 1. The van der Waals surface area contributed by atoms with Crippen LogP contribution in [0.1, 0.15) is 11.1 Å². The second-order valence-corrected chi connectivity index (χ2v) is 6.46. The van der Waals surface area contributed by atoms with Crippen molar-refractivity contribution < 1.29 is 4.79 Å². The lowest BCUT2D eigenvalue weighted by Gasteiger charge is -2.19. The van der Waals surface area contributed by atoms with Crippen molar-refractivity contribution >= 4 is 40.0 Å². The van der Waals surface area contributed by atoms with Crippen molar-refractivity contribution in [1.29, 1.82) is 0 Å². The summed E-state index contributed by atoms with van der Waals surface area (Å²) < 4.78 is 0. The quantitative estimate of drug-likeness (QED) is 0.850. The van der Waals surface area contributed by atoms with Gasteiger partial charge in [0.25, 0.3) is 5.91 Å². The molecule has 21 heavy (non-hydrogen) atoms. The fourth-order valence-electron chi connectivity index (χ4n) is 2.48. The molecule has 0 saturated heterocycles. The van der Waals surface area contributed by atoms with Crippen molar-refractivity contribution in [3.05, 3.63) is 64.7 Å². The van der Waals surface area contributed by atoms with E-state index in [4.69, 9.17) is 11.6 Å². The Bertz CT molecular complexity index is 775. The monoisotopic (exact) mass is 315 g/mol. The Morgan fingerprint density at radius 3 is 2.67 bits per heavy atom.